The molecule has 0 aliphatic rings. The Kier molecular flexibility index (Phi) is 3.50. The molecule has 0 atom stereocenters. The second kappa shape index (κ2) is 4.90. The smallest absolute Gasteiger partial charge is 0.152 e. The molecule has 0 unspecified atom stereocenters. The number of nitrogens with zero attached hydrogens (tertiary/aromatic N) is 1. The number of aliphatic hydroxyl groups excluding tert-OH is 1. The molecule has 2 rings (SSSR count). The van der Waals surface area contributed by atoms with E-state index in [0.717, 1.165) is 22.8 Å². The number of rotatable bonds is 4. The highest BCUT2D eigenvalue weighted by Gasteiger charge is 2.11. The van der Waals surface area contributed by atoms with Crippen molar-refractivity contribution in [2.75, 3.05) is 6.61 Å². The Morgan fingerprint density at radius 2 is 2.24 bits per heavy atom. The molecule has 1 N–H and O–H groups in total. The largest absolute Gasteiger partial charge is 0.396 e. The second-order valence-electron chi connectivity index (χ2n) is 4.04. The van der Waals surface area contributed by atoms with Gasteiger partial charge in [0.15, 0.2) is 6.29 Å². The van der Waals surface area contributed by atoms with Crippen LogP contribution in [-0.2, 0) is 6.54 Å². The fourth-order valence-corrected chi connectivity index (χ4v) is 2.24. The van der Waals surface area contributed by atoms with Crippen molar-refractivity contribution < 1.29 is 9.90 Å². The molecule has 2 aromatic rings. The molecule has 0 amide bonds. The molecule has 0 radical (unpaired) electrons. The SMILES string of the molecule is Cc1c(Cl)ccc2c(C=O)cn(CCCO)c12. The number of aliphatic hydroxyl groups is 1. The number of hydrogen-bond acceptors (Lipinski definition) is 2. The number of aromatic nitrogens is 1. The lowest BCUT2D eigenvalue weighted by atomic mass is 10.1. The van der Waals surface area contributed by atoms with Crippen LogP contribution in [0.2, 0.25) is 5.02 Å². The summed E-state index contributed by atoms with van der Waals surface area (Å²) < 4.78 is 1.98. The minimum Gasteiger partial charge on any atom is -0.396 e. The molecule has 1 aromatic heterocycles. The van der Waals surface area contributed by atoms with Gasteiger partial charge in [-0.2, -0.15) is 0 Å². The highest BCUT2D eigenvalue weighted by Crippen LogP contribution is 2.28. The molecule has 0 spiro atoms. The van der Waals surface area contributed by atoms with Gasteiger partial charge >= 0.3 is 0 Å². The lowest BCUT2D eigenvalue weighted by Gasteiger charge is -2.07. The van der Waals surface area contributed by atoms with Crippen molar-refractivity contribution in [3.05, 3.63) is 34.5 Å². The van der Waals surface area contributed by atoms with Crippen molar-refractivity contribution in [2.24, 2.45) is 0 Å². The molecule has 17 heavy (non-hydrogen) atoms. The van der Waals surface area contributed by atoms with Gasteiger partial charge in [0.1, 0.15) is 0 Å². The Morgan fingerprint density at radius 3 is 2.88 bits per heavy atom. The fourth-order valence-electron chi connectivity index (χ4n) is 2.09. The Hall–Kier alpha value is -1.32. The number of aryl methyl sites for hydroxylation is 2. The van der Waals surface area contributed by atoms with Crippen molar-refractivity contribution in [1.82, 2.24) is 4.57 Å². The third-order valence-electron chi connectivity index (χ3n) is 2.94. The highest BCUT2D eigenvalue weighted by atomic mass is 35.5. The summed E-state index contributed by atoms with van der Waals surface area (Å²) in [4.78, 5) is 11.0. The topological polar surface area (TPSA) is 42.2 Å². The van der Waals surface area contributed by atoms with Gasteiger partial charge in [0.2, 0.25) is 0 Å². The normalized spacial score (nSPS) is 11.0. The summed E-state index contributed by atoms with van der Waals surface area (Å²) in [6, 6.07) is 3.67. The average molecular weight is 252 g/mol. The van der Waals surface area contributed by atoms with Crippen molar-refractivity contribution in [3.8, 4) is 0 Å². The molecule has 0 aliphatic heterocycles. The van der Waals surface area contributed by atoms with Crippen LogP contribution in [0.5, 0.6) is 0 Å². The van der Waals surface area contributed by atoms with Gasteiger partial charge in [0, 0.05) is 35.3 Å². The van der Waals surface area contributed by atoms with Crippen LogP contribution in [0.4, 0.5) is 0 Å². The zero-order valence-corrected chi connectivity index (χ0v) is 10.4. The molecule has 90 valence electrons. The molecule has 0 bridgehead atoms. The highest BCUT2D eigenvalue weighted by molar-refractivity contribution is 6.32. The summed E-state index contributed by atoms with van der Waals surface area (Å²) in [5, 5.41) is 10.5. The number of carbonyl (C=O) groups excluding carboxylic acids is 1. The van der Waals surface area contributed by atoms with Crippen LogP contribution >= 0.6 is 11.6 Å². The van der Waals surface area contributed by atoms with E-state index in [1.165, 1.54) is 0 Å². The number of carbonyl (C=O) groups is 1. The van der Waals surface area contributed by atoms with E-state index in [2.05, 4.69) is 0 Å². The van der Waals surface area contributed by atoms with Crippen LogP contribution in [0.3, 0.4) is 0 Å². The summed E-state index contributed by atoms with van der Waals surface area (Å²) >= 11 is 6.10. The van der Waals surface area contributed by atoms with Gasteiger partial charge in [0.05, 0.1) is 5.52 Å². The van der Waals surface area contributed by atoms with Crippen molar-refractivity contribution in [1.29, 1.82) is 0 Å². The third-order valence-corrected chi connectivity index (χ3v) is 3.35. The number of halogens is 1. The van der Waals surface area contributed by atoms with E-state index in [9.17, 15) is 4.79 Å². The van der Waals surface area contributed by atoms with E-state index in [1.807, 2.05) is 29.8 Å². The molecule has 0 saturated carbocycles. The van der Waals surface area contributed by atoms with E-state index < -0.39 is 0 Å². The van der Waals surface area contributed by atoms with Gasteiger partial charge in [0.25, 0.3) is 0 Å². The van der Waals surface area contributed by atoms with E-state index in [1.54, 1.807) is 0 Å². The van der Waals surface area contributed by atoms with Crippen molar-refractivity contribution in [3.63, 3.8) is 0 Å². The number of hydrogen-bond donors (Lipinski definition) is 1. The summed E-state index contributed by atoms with van der Waals surface area (Å²) in [6.45, 7) is 2.76. The second-order valence-corrected chi connectivity index (χ2v) is 4.45. The van der Waals surface area contributed by atoms with E-state index in [4.69, 9.17) is 16.7 Å². The standard InChI is InChI=1S/C13H14ClNO2/c1-9-12(14)4-3-11-10(8-17)7-15(13(9)11)5-2-6-16/h3-4,7-8,16H,2,5-6H2,1H3. The van der Waals surface area contributed by atoms with Gasteiger partial charge in [-0.05, 0) is 25.0 Å². The predicted molar refractivity (Wildman–Crippen MR) is 68.8 cm³/mol. The zero-order valence-electron chi connectivity index (χ0n) is 9.61. The Balaban J connectivity index is 2.66. The summed E-state index contributed by atoms with van der Waals surface area (Å²) in [5.41, 5.74) is 2.61. The maximum absolute atomic E-state index is 11.0. The van der Waals surface area contributed by atoms with Gasteiger partial charge in [-0.25, -0.2) is 0 Å². The van der Waals surface area contributed by atoms with Crippen LogP contribution in [0.1, 0.15) is 22.3 Å². The Labute approximate surface area is 105 Å². The van der Waals surface area contributed by atoms with E-state index >= 15 is 0 Å². The van der Waals surface area contributed by atoms with Crippen molar-refractivity contribution in [2.45, 2.75) is 19.9 Å². The first-order chi connectivity index (χ1) is 8.19. The number of aldehydes is 1. The van der Waals surface area contributed by atoms with Gasteiger partial charge in [-0.3, -0.25) is 4.79 Å². The van der Waals surface area contributed by atoms with Crippen LogP contribution in [0, 0.1) is 6.92 Å². The third kappa shape index (κ3) is 2.08. The van der Waals surface area contributed by atoms with Crippen LogP contribution in [0.15, 0.2) is 18.3 Å². The van der Waals surface area contributed by atoms with Gasteiger partial charge in [-0.15, -0.1) is 0 Å². The zero-order chi connectivity index (χ0) is 12.4. The van der Waals surface area contributed by atoms with E-state index in [-0.39, 0.29) is 6.61 Å². The quantitative estimate of drug-likeness (QED) is 0.849. The number of fused-ring (bicyclic) bond motifs is 1. The maximum atomic E-state index is 11.0. The molecule has 1 aromatic carbocycles. The first kappa shape index (κ1) is 12.1. The summed E-state index contributed by atoms with van der Waals surface area (Å²) in [6.07, 6.45) is 3.33. The van der Waals surface area contributed by atoms with Crippen LogP contribution in [-0.4, -0.2) is 22.6 Å². The first-order valence-electron chi connectivity index (χ1n) is 5.53. The molecule has 0 fully saturated rings. The number of benzene rings is 1. The molecule has 1 heterocycles. The molecular formula is C13H14ClNO2. The summed E-state index contributed by atoms with van der Waals surface area (Å²) in [5.74, 6) is 0. The fraction of sp³-hybridized carbons (Fsp3) is 0.308. The average Bonchev–Trinajstić information content (AvgIpc) is 2.70. The minimum absolute atomic E-state index is 0.135. The monoisotopic (exact) mass is 251 g/mol. The maximum Gasteiger partial charge on any atom is 0.152 e. The van der Waals surface area contributed by atoms with Gasteiger partial charge < -0.3 is 9.67 Å². The summed E-state index contributed by atoms with van der Waals surface area (Å²) in [7, 11) is 0. The van der Waals surface area contributed by atoms with Crippen molar-refractivity contribution >= 4 is 28.8 Å². The Bertz CT molecular complexity index is 560. The molecule has 0 saturated heterocycles. The molecular weight excluding hydrogens is 238 g/mol. The predicted octanol–water partition coefficient (Wildman–Crippen LogP) is 2.80. The van der Waals surface area contributed by atoms with Gasteiger partial charge in [-0.1, -0.05) is 17.7 Å². The van der Waals surface area contributed by atoms with E-state index in [0.29, 0.717) is 23.6 Å². The molecule has 4 heteroatoms. The lowest BCUT2D eigenvalue weighted by Crippen LogP contribution is -1.99. The minimum atomic E-state index is 0.135. The molecule has 0 aliphatic carbocycles. The Morgan fingerprint density at radius 1 is 1.47 bits per heavy atom. The molecule has 3 nitrogen and oxygen atoms in total. The van der Waals surface area contributed by atoms with Crippen LogP contribution in [0.25, 0.3) is 10.9 Å². The van der Waals surface area contributed by atoms with Crippen LogP contribution < -0.4 is 0 Å². The first-order valence-corrected chi connectivity index (χ1v) is 5.90. The lowest BCUT2D eigenvalue weighted by molar-refractivity contribution is 0.112.